The Morgan fingerprint density at radius 1 is 1.56 bits per heavy atom. The third-order valence-corrected chi connectivity index (χ3v) is 2.44. The van der Waals surface area contributed by atoms with E-state index in [-0.39, 0.29) is 12.1 Å². The van der Waals surface area contributed by atoms with E-state index in [1.165, 1.54) is 11.9 Å². The highest BCUT2D eigenvalue weighted by Crippen LogP contribution is 2.24. The number of methoxy groups -OCH3 is 1. The minimum absolute atomic E-state index is 0.115. The van der Waals surface area contributed by atoms with E-state index in [9.17, 15) is 13.6 Å². The number of nitrogens with zero attached hydrogens (tertiary/aromatic N) is 2. The standard InChI is InChI=1S/C12H12F2N2O2/c1-16(6-5-15)11(12(17)18-2)9-7-8(13)3-4-10(9)14/h3-4,7,11H,6H2,1-2H3/t11-/m1/s1. The Kier molecular flexibility index (Phi) is 4.75. The molecule has 0 amide bonds. The number of hydrogen-bond acceptors (Lipinski definition) is 4. The van der Waals surface area contributed by atoms with Gasteiger partial charge in [0.2, 0.25) is 0 Å². The number of hydrogen-bond donors (Lipinski definition) is 0. The van der Waals surface area contributed by atoms with Gasteiger partial charge in [-0.05, 0) is 25.2 Å². The number of benzene rings is 1. The minimum Gasteiger partial charge on any atom is -0.468 e. The molecule has 0 aromatic heterocycles. The summed E-state index contributed by atoms with van der Waals surface area (Å²) in [4.78, 5) is 12.9. The molecule has 96 valence electrons. The van der Waals surface area contributed by atoms with Gasteiger partial charge in [-0.2, -0.15) is 5.26 Å². The first-order valence-electron chi connectivity index (χ1n) is 5.11. The predicted molar refractivity (Wildman–Crippen MR) is 59.4 cm³/mol. The fourth-order valence-corrected chi connectivity index (χ4v) is 1.58. The normalized spacial score (nSPS) is 12.0. The minimum atomic E-state index is -1.15. The van der Waals surface area contributed by atoms with Gasteiger partial charge >= 0.3 is 5.97 Å². The molecule has 0 aliphatic heterocycles. The Balaban J connectivity index is 3.21. The number of rotatable bonds is 4. The molecule has 1 aromatic carbocycles. The van der Waals surface area contributed by atoms with E-state index in [2.05, 4.69) is 4.74 Å². The Bertz CT molecular complexity index is 485. The molecule has 1 atom stereocenters. The summed E-state index contributed by atoms with van der Waals surface area (Å²) < 4.78 is 31.3. The van der Waals surface area contributed by atoms with Crippen LogP contribution in [0.25, 0.3) is 0 Å². The van der Waals surface area contributed by atoms with Crippen molar-refractivity contribution in [2.24, 2.45) is 0 Å². The molecule has 1 rings (SSSR count). The molecule has 0 unspecified atom stereocenters. The summed E-state index contributed by atoms with van der Waals surface area (Å²) in [6, 6.07) is 3.49. The van der Waals surface area contributed by atoms with Crippen LogP contribution in [0.15, 0.2) is 18.2 Å². The molecule has 0 saturated heterocycles. The van der Waals surface area contributed by atoms with Crippen LogP contribution in [0.3, 0.4) is 0 Å². The molecule has 6 heteroatoms. The first-order chi connectivity index (χ1) is 8.51. The average molecular weight is 254 g/mol. The fraction of sp³-hybridized carbons (Fsp3) is 0.333. The maximum atomic E-state index is 13.6. The molecule has 0 aliphatic rings. The van der Waals surface area contributed by atoms with Gasteiger partial charge in [-0.3, -0.25) is 4.90 Å². The first kappa shape index (κ1) is 14.1. The number of nitriles is 1. The molecule has 0 radical (unpaired) electrons. The van der Waals surface area contributed by atoms with Gasteiger partial charge in [-0.1, -0.05) is 0 Å². The lowest BCUT2D eigenvalue weighted by Crippen LogP contribution is -2.32. The molecule has 0 bridgehead atoms. The van der Waals surface area contributed by atoms with Crippen molar-refractivity contribution in [3.8, 4) is 6.07 Å². The van der Waals surface area contributed by atoms with Crippen molar-refractivity contribution >= 4 is 5.97 Å². The van der Waals surface area contributed by atoms with Crippen LogP contribution in [-0.2, 0) is 9.53 Å². The van der Waals surface area contributed by atoms with Gasteiger partial charge in [0.15, 0.2) is 0 Å². The lowest BCUT2D eigenvalue weighted by Gasteiger charge is -2.24. The van der Waals surface area contributed by atoms with E-state index in [1.807, 2.05) is 6.07 Å². The van der Waals surface area contributed by atoms with E-state index >= 15 is 0 Å². The van der Waals surface area contributed by atoms with E-state index in [0.29, 0.717) is 0 Å². The molecular formula is C12H12F2N2O2. The number of ether oxygens (including phenoxy) is 1. The quantitative estimate of drug-likeness (QED) is 0.605. The smallest absolute Gasteiger partial charge is 0.327 e. The van der Waals surface area contributed by atoms with Gasteiger partial charge < -0.3 is 4.74 Å². The third-order valence-electron chi connectivity index (χ3n) is 2.44. The maximum Gasteiger partial charge on any atom is 0.327 e. The van der Waals surface area contributed by atoms with Crippen LogP contribution < -0.4 is 0 Å². The summed E-state index contributed by atoms with van der Waals surface area (Å²) in [6.07, 6.45) is 0. The number of carbonyl (C=O) groups is 1. The predicted octanol–water partition coefficient (Wildman–Crippen LogP) is 1.63. The molecule has 0 spiro atoms. The van der Waals surface area contributed by atoms with Crippen LogP contribution in [0.4, 0.5) is 8.78 Å². The van der Waals surface area contributed by atoms with Gasteiger partial charge in [-0.15, -0.1) is 0 Å². The van der Waals surface area contributed by atoms with Crippen LogP contribution in [0.2, 0.25) is 0 Å². The summed E-state index contributed by atoms with van der Waals surface area (Å²) >= 11 is 0. The fourth-order valence-electron chi connectivity index (χ4n) is 1.58. The largest absolute Gasteiger partial charge is 0.468 e. The van der Waals surface area contributed by atoms with E-state index in [1.54, 1.807) is 0 Å². The molecule has 0 N–H and O–H groups in total. The van der Waals surface area contributed by atoms with Crippen molar-refractivity contribution in [3.63, 3.8) is 0 Å². The topological polar surface area (TPSA) is 53.3 Å². The van der Waals surface area contributed by atoms with Crippen molar-refractivity contribution in [2.45, 2.75) is 6.04 Å². The third kappa shape index (κ3) is 3.02. The van der Waals surface area contributed by atoms with Crippen LogP contribution in [0.1, 0.15) is 11.6 Å². The number of likely N-dealkylation sites (N-methyl/N-ethyl adjacent to an activating group) is 1. The van der Waals surface area contributed by atoms with Gasteiger partial charge in [0.05, 0.1) is 19.7 Å². The summed E-state index contributed by atoms with van der Waals surface area (Å²) in [5.74, 6) is -2.14. The lowest BCUT2D eigenvalue weighted by atomic mass is 10.0. The molecule has 0 saturated carbocycles. The highest BCUT2D eigenvalue weighted by molar-refractivity contribution is 5.77. The van der Waals surface area contributed by atoms with Crippen molar-refractivity contribution in [3.05, 3.63) is 35.4 Å². The molecule has 0 fully saturated rings. The number of halogens is 2. The summed E-state index contributed by atoms with van der Waals surface area (Å²) in [5.41, 5.74) is -0.153. The van der Waals surface area contributed by atoms with Crippen molar-refractivity contribution in [1.29, 1.82) is 5.26 Å². The molecule has 0 aliphatic carbocycles. The van der Waals surface area contributed by atoms with E-state index in [0.717, 1.165) is 25.3 Å². The Labute approximate surface area is 103 Å². The number of carbonyl (C=O) groups excluding carboxylic acids is 1. The zero-order chi connectivity index (χ0) is 13.7. The molecule has 0 heterocycles. The molecule has 1 aromatic rings. The molecule has 18 heavy (non-hydrogen) atoms. The van der Waals surface area contributed by atoms with Crippen LogP contribution >= 0.6 is 0 Å². The van der Waals surface area contributed by atoms with E-state index in [4.69, 9.17) is 5.26 Å². The maximum absolute atomic E-state index is 13.6. The SMILES string of the molecule is COC(=O)[C@@H](c1cc(F)ccc1F)N(C)CC#N. The highest BCUT2D eigenvalue weighted by Gasteiger charge is 2.29. The second kappa shape index (κ2) is 6.07. The Morgan fingerprint density at radius 3 is 2.78 bits per heavy atom. The first-order valence-corrected chi connectivity index (χ1v) is 5.11. The van der Waals surface area contributed by atoms with Crippen molar-refractivity contribution in [2.75, 3.05) is 20.7 Å². The number of esters is 1. The Morgan fingerprint density at radius 2 is 2.22 bits per heavy atom. The second-order valence-corrected chi connectivity index (χ2v) is 3.66. The van der Waals surface area contributed by atoms with Gasteiger partial charge in [-0.25, -0.2) is 13.6 Å². The zero-order valence-electron chi connectivity index (χ0n) is 9.98. The van der Waals surface area contributed by atoms with Gasteiger partial charge in [0.25, 0.3) is 0 Å². The van der Waals surface area contributed by atoms with Crippen LogP contribution in [0, 0.1) is 23.0 Å². The molecular weight excluding hydrogens is 242 g/mol. The lowest BCUT2D eigenvalue weighted by molar-refractivity contribution is -0.146. The monoisotopic (exact) mass is 254 g/mol. The molecule has 4 nitrogen and oxygen atoms in total. The van der Waals surface area contributed by atoms with Crippen LogP contribution in [0.5, 0.6) is 0 Å². The zero-order valence-corrected chi connectivity index (χ0v) is 9.98. The van der Waals surface area contributed by atoms with E-state index < -0.39 is 23.6 Å². The summed E-state index contributed by atoms with van der Waals surface area (Å²) in [7, 11) is 2.60. The second-order valence-electron chi connectivity index (χ2n) is 3.66. The van der Waals surface area contributed by atoms with Crippen molar-refractivity contribution in [1.82, 2.24) is 4.90 Å². The van der Waals surface area contributed by atoms with Crippen LogP contribution in [-0.4, -0.2) is 31.6 Å². The average Bonchev–Trinajstić information content (AvgIpc) is 2.34. The Hall–Kier alpha value is -2.00. The highest BCUT2D eigenvalue weighted by atomic mass is 19.1. The van der Waals surface area contributed by atoms with Crippen molar-refractivity contribution < 1.29 is 18.3 Å². The van der Waals surface area contributed by atoms with Gasteiger partial charge in [0, 0.05) is 5.56 Å². The summed E-state index contributed by atoms with van der Waals surface area (Å²) in [6.45, 7) is -0.115. The summed E-state index contributed by atoms with van der Waals surface area (Å²) in [5, 5.41) is 8.60. The van der Waals surface area contributed by atoms with Gasteiger partial charge in [0.1, 0.15) is 17.7 Å².